The first-order valence-corrected chi connectivity index (χ1v) is 14.7. The number of fused-ring (bicyclic) bond motifs is 6. The molecule has 0 unspecified atom stereocenters. The van der Waals surface area contributed by atoms with E-state index in [4.69, 9.17) is 27.9 Å². The number of rotatable bonds is 5. The van der Waals surface area contributed by atoms with Crippen LogP contribution in [-0.2, 0) is 15.0 Å². The molecule has 44 heavy (non-hydrogen) atoms. The summed E-state index contributed by atoms with van der Waals surface area (Å²) in [6.07, 6.45) is 3.69. The van der Waals surface area contributed by atoms with E-state index in [2.05, 4.69) is 5.32 Å². The third-order valence-electron chi connectivity index (χ3n) is 8.72. The number of nitrogens with one attached hydrogen (secondary N) is 1. The first-order chi connectivity index (χ1) is 21.2. The van der Waals surface area contributed by atoms with Crippen molar-refractivity contribution in [2.45, 2.75) is 24.4 Å². The van der Waals surface area contributed by atoms with Gasteiger partial charge in [-0.3, -0.25) is 19.2 Å². The molecule has 1 fully saturated rings. The summed E-state index contributed by atoms with van der Waals surface area (Å²) < 4.78 is 5.16. The summed E-state index contributed by atoms with van der Waals surface area (Å²) in [6.45, 7) is 1.29. The van der Waals surface area contributed by atoms with E-state index < -0.39 is 35.2 Å². The summed E-state index contributed by atoms with van der Waals surface area (Å²) >= 11 is 12.8. The first kappa shape index (κ1) is 28.1. The number of nitrogens with zero attached hydrogens (tertiary/aromatic N) is 1. The number of benzene rings is 4. The van der Waals surface area contributed by atoms with Gasteiger partial charge >= 0.3 is 5.97 Å². The fourth-order valence-electron chi connectivity index (χ4n) is 7.05. The van der Waals surface area contributed by atoms with Gasteiger partial charge in [0.15, 0.2) is 11.6 Å². The third-order valence-corrected chi connectivity index (χ3v) is 9.27. The maximum absolute atomic E-state index is 14.9. The Labute approximate surface area is 263 Å². The van der Waals surface area contributed by atoms with Crippen LogP contribution in [0.5, 0.6) is 5.75 Å². The quantitative estimate of drug-likeness (QED) is 0.148. The number of hydrogen-bond acceptors (Lipinski definition) is 6. The molecule has 1 N–H and O–H groups in total. The van der Waals surface area contributed by atoms with E-state index in [-0.39, 0.29) is 28.0 Å². The second kappa shape index (κ2) is 10.5. The van der Waals surface area contributed by atoms with Crippen LogP contribution in [0.2, 0.25) is 10.0 Å². The zero-order chi connectivity index (χ0) is 30.7. The van der Waals surface area contributed by atoms with Crippen LogP contribution in [0.4, 0.5) is 5.69 Å². The summed E-state index contributed by atoms with van der Waals surface area (Å²) in [6, 6.07) is 23.9. The van der Waals surface area contributed by atoms with Crippen molar-refractivity contribution in [3.05, 3.63) is 135 Å². The highest BCUT2D eigenvalue weighted by Gasteiger charge is 2.70. The number of carbonyl (C=O) groups is 4. The molecule has 1 saturated heterocycles. The number of halogens is 2. The molecule has 1 spiro atoms. The van der Waals surface area contributed by atoms with Crippen LogP contribution in [0.15, 0.2) is 97.2 Å². The highest BCUT2D eigenvalue weighted by Crippen LogP contribution is 2.62. The normalized spacial score (nSPS) is 22.7. The number of ketones is 2. The Kier molecular flexibility index (Phi) is 6.68. The van der Waals surface area contributed by atoms with Crippen molar-refractivity contribution in [1.82, 2.24) is 4.90 Å². The molecule has 7 rings (SSSR count). The van der Waals surface area contributed by atoms with Crippen molar-refractivity contribution in [2.24, 2.45) is 5.92 Å². The zero-order valence-corrected chi connectivity index (χ0v) is 24.8. The molecule has 0 bridgehead atoms. The highest BCUT2D eigenvalue weighted by molar-refractivity contribution is 6.37. The molecule has 4 aromatic carbocycles. The molecule has 3 aliphatic rings. The average Bonchev–Trinajstić information content (AvgIpc) is 3.49. The number of anilines is 1. The van der Waals surface area contributed by atoms with Crippen molar-refractivity contribution in [3.63, 3.8) is 0 Å². The maximum atomic E-state index is 14.9. The largest absolute Gasteiger partial charge is 0.427 e. The lowest BCUT2D eigenvalue weighted by atomic mass is 9.62. The number of hydrogen-bond donors (Lipinski definition) is 1. The lowest BCUT2D eigenvalue weighted by molar-refractivity contribution is -0.131. The standard InChI is InChI=1S/C35H24Cl2N2O5/c1-19(40)44-23-13-10-21(11-14-23)31(41)30-29(32(42)25-15-12-22(36)18-27(25)37)35(26-8-4-5-9-28(26)38-34(35)43)33-24-7-3-2-6-20(24)16-17-39(30)33/h2-18,29-30,33H,1H3,(H,38,43)/t29-,30-,33+,35-/m0/s1. The van der Waals surface area contributed by atoms with Crippen LogP contribution in [0.3, 0.4) is 0 Å². The SMILES string of the molecule is CC(=O)Oc1ccc(C(=O)[C@@H]2[C@@H](C(=O)c3ccc(Cl)cc3Cl)[C@]3(C(=O)Nc4ccccc43)[C@H]3c4ccccc4C=CN23)cc1. The van der Waals surface area contributed by atoms with Gasteiger partial charge in [-0.15, -0.1) is 0 Å². The molecule has 7 nitrogen and oxygen atoms in total. The number of ether oxygens (including phenoxy) is 1. The number of amides is 1. The number of carbonyl (C=O) groups excluding carboxylic acids is 4. The maximum Gasteiger partial charge on any atom is 0.308 e. The Morgan fingerprint density at radius 1 is 0.886 bits per heavy atom. The monoisotopic (exact) mass is 622 g/mol. The first-order valence-electron chi connectivity index (χ1n) is 14.0. The molecule has 3 aliphatic heterocycles. The predicted octanol–water partition coefficient (Wildman–Crippen LogP) is 6.90. The second-order valence-electron chi connectivity index (χ2n) is 11.1. The minimum Gasteiger partial charge on any atom is -0.427 e. The summed E-state index contributed by atoms with van der Waals surface area (Å²) in [4.78, 5) is 57.4. The van der Waals surface area contributed by atoms with E-state index in [1.54, 1.807) is 30.5 Å². The molecule has 3 heterocycles. The van der Waals surface area contributed by atoms with E-state index in [1.165, 1.54) is 31.2 Å². The van der Waals surface area contributed by atoms with Gasteiger partial charge in [-0.1, -0.05) is 65.7 Å². The summed E-state index contributed by atoms with van der Waals surface area (Å²) in [5.74, 6) is -2.59. The van der Waals surface area contributed by atoms with E-state index in [9.17, 15) is 19.2 Å². The molecular weight excluding hydrogens is 599 g/mol. The van der Waals surface area contributed by atoms with Crippen LogP contribution in [0.1, 0.15) is 50.4 Å². The van der Waals surface area contributed by atoms with Crippen molar-refractivity contribution in [1.29, 1.82) is 0 Å². The minimum absolute atomic E-state index is 0.127. The van der Waals surface area contributed by atoms with Crippen LogP contribution in [0.25, 0.3) is 6.08 Å². The molecule has 0 saturated carbocycles. The second-order valence-corrected chi connectivity index (χ2v) is 11.9. The van der Waals surface area contributed by atoms with Crippen LogP contribution >= 0.6 is 23.2 Å². The minimum atomic E-state index is -1.49. The zero-order valence-electron chi connectivity index (χ0n) is 23.3. The van der Waals surface area contributed by atoms with Crippen molar-refractivity contribution >= 4 is 58.4 Å². The Hall–Kier alpha value is -4.72. The summed E-state index contributed by atoms with van der Waals surface area (Å²) in [5.41, 5.74) is 1.90. The van der Waals surface area contributed by atoms with Gasteiger partial charge in [0.2, 0.25) is 5.91 Å². The van der Waals surface area contributed by atoms with Gasteiger partial charge in [-0.05, 0) is 71.3 Å². The van der Waals surface area contributed by atoms with Gasteiger partial charge in [-0.2, -0.15) is 0 Å². The summed E-state index contributed by atoms with van der Waals surface area (Å²) in [7, 11) is 0. The summed E-state index contributed by atoms with van der Waals surface area (Å²) in [5, 5.41) is 3.50. The molecule has 0 aromatic heterocycles. The smallest absolute Gasteiger partial charge is 0.308 e. The van der Waals surface area contributed by atoms with E-state index in [0.717, 1.165) is 11.1 Å². The van der Waals surface area contributed by atoms with Gasteiger partial charge in [0, 0.05) is 35.0 Å². The van der Waals surface area contributed by atoms with Gasteiger partial charge < -0.3 is 15.0 Å². The van der Waals surface area contributed by atoms with Gasteiger partial charge in [0.05, 0.1) is 17.0 Å². The Balaban J connectivity index is 1.49. The van der Waals surface area contributed by atoms with Gasteiger partial charge in [-0.25, -0.2) is 0 Å². The number of Topliss-reactive ketones (excluding diaryl/α,β-unsaturated/α-hetero) is 2. The topological polar surface area (TPSA) is 92.8 Å². The fraction of sp³-hybridized carbons (Fsp3) is 0.143. The van der Waals surface area contributed by atoms with Crippen molar-refractivity contribution in [3.8, 4) is 5.75 Å². The molecule has 9 heteroatoms. The number of para-hydroxylation sites is 1. The molecule has 1 amide bonds. The molecule has 0 radical (unpaired) electrons. The number of esters is 1. The van der Waals surface area contributed by atoms with E-state index >= 15 is 0 Å². The molecule has 4 aromatic rings. The Morgan fingerprint density at radius 2 is 1.61 bits per heavy atom. The van der Waals surface area contributed by atoms with E-state index in [0.29, 0.717) is 21.8 Å². The Morgan fingerprint density at radius 3 is 2.36 bits per heavy atom. The van der Waals surface area contributed by atoms with Crippen molar-refractivity contribution in [2.75, 3.05) is 5.32 Å². The van der Waals surface area contributed by atoms with Gasteiger partial charge in [0.25, 0.3) is 0 Å². The molecule has 218 valence electrons. The molecule has 0 aliphatic carbocycles. The Bertz CT molecular complexity index is 1920. The highest BCUT2D eigenvalue weighted by atomic mass is 35.5. The van der Waals surface area contributed by atoms with Gasteiger partial charge in [0.1, 0.15) is 17.2 Å². The molecule has 4 atom stereocenters. The fourth-order valence-corrected chi connectivity index (χ4v) is 7.55. The van der Waals surface area contributed by atoms with E-state index in [1.807, 2.05) is 53.4 Å². The van der Waals surface area contributed by atoms with Crippen LogP contribution < -0.4 is 10.1 Å². The van der Waals surface area contributed by atoms with Crippen LogP contribution in [-0.4, -0.2) is 34.4 Å². The molecular formula is C35H24Cl2N2O5. The predicted molar refractivity (Wildman–Crippen MR) is 167 cm³/mol. The third kappa shape index (κ3) is 4.11. The lowest BCUT2D eigenvalue weighted by Crippen LogP contribution is -2.49. The van der Waals surface area contributed by atoms with Crippen LogP contribution in [0, 0.1) is 5.92 Å². The lowest BCUT2D eigenvalue weighted by Gasteiger charge is -2.38. The van der Waals surface area contributed by atoms with Crippen molar-refractivity contribution < 1.29 is 23.9 Å². The average molecular weight is 623 g/mol.